The molecule has 2 aromatic carbocycles. The van der Waals surface area contributed by atoms with Crippen molar-refractivity contribution in [3.63, 3.8) is 0 Å². The lowest BCUT2D eigenvalue weighted by molar-refractivity contribution is -0.384. The van der Waals surface area contributed by atoms with E-state index in [1.165, 1.54) is 12.1 Å². The maximum atomic E-state index is 12.6. The number of non-ortho nitro benzene ring substituents is 1. The molecule has 35 heavy (non-hydrogen) atoms. The fraction of sp³-hybridized carbons (Fsp3) is 0.360. The molecular weight excluding hydrogens is 466 g/mol. The molecule has 1 aliphatic heterocycles. The number of nitrogens with one attached hydrogen (secondary N) is 1. The Morgan fingerprint density at radius 2 is 1.83 bits per heavy atom. The summed E-state index contributed by atoms with van der Waals surface area (Å²) in [6.07, 6.45) is 1.19. The average Bonchev–Trinajstić information content (AvgIpc) is 3.35. The first-order valence-corrected chi connectivity index (χ1v) is 12.5. The number of benzene rings is 2. The molecule has 0 aliphatic carbocycles. The van der Waals surface area contributed by atoms with Crippen molar-refractivity contribution in [3.05, 3.63) is 69.7 Å². The quantitative estimate of drug-likeness (QED) is 0.255. The zero-order chi connectivity index (χ0) is 24.6. The zero-order valence-corrected chi connectivity index (χ0v) is 20.5. The van der Waals surface area contributed by atoms with Crippen molar-refractivity contribution in [3.8, 4) is 16.3 Å². The Hall–Kier alpha value is -3.50. The number of anilines is 1. The zero-order valence-electron chi connectivity index (χ0n) is 19.7. The first kappa shape index (κ1) is 24.6. The molecule has 1 aromatic heterocycles. The second-order valence-corrected chi connectivity index (χ2v) is 9.22. The number of amides is 1. The topological polar surface area (TPSA) is 101 Å². The third-order valence-corrected chi connectivity index (χ3v) is 6.91. The summed E-state index contributed by atoms with van der Waals surface area (Å²) in [6.45, 7) is 4.55. The molecule has 1 aliphatic rings. The fourth-order valence-corrected chi connectivity index (χ4v) is 4.78. The lowest BCUT2D eigenvalue weighted by atomic mass is 10.2. The summed E-state index contributed by atoms with van der Waals surface area (Å²) in [5.41, 5.74) is 3.02. The molecule has 3 aromatic rings. The predicted molar refractivity (Wildman–Crippen MR) is 137 cm³/mol. The van der Waals surface area contributed by atoms with E-state index in [2.05, 4.69) is 15.6 Å². The molecule has 1 N–H and O–H groups in total. The molecule has 2 heterocycles. The van der Waals surface area contributed by atoms with E-state index >= 15 is 0 Å². The normalized spacial score (nSPS) is 14.0. The average molecular weight is 496 g/mol. The largest absolute Gasteiger partial charge is 0.497 e. The first-order valence-electron chi connectivity index (χ1n) is 11.6. The van der Waals surface area contributed by atoms with Gasteiger partial charge in [0.1, 0.15) is 10.8 Å². The number of nitro benzene ring substituents is 1. The number of carbonyl (C=O) groups excluding carboxylic acids is 1. The minimum Gasteiger partial charge on any atom is -0.497 e. The number of piperazine rings is 1. The SMILES string of the molecule is COc1ccc(-c2nc(CN3CCN(C(=O)CCCNc4ccc([N+](=O)[O-])cc4)CC3)cs2)cc1. The van der Waals surface area contributed by atoms with E-state index < -0.39 is 4.92 Å². The number of nitrogens with zero attached hydrogens (tertiary/aromatic N) is 4. The number of thiazole rings is 1. The highest BCUT2D eigenvalue weighted by Crippen LogP contribution is 2.26. The highest BCUT2D eigenvalue weighted by atomic mass is 32.1. The molecule has 1 saturated heterocycles. The molecule has 0 spiro atoms. The Kier molecular flexibility index (Phi) is 8.27. The van der Waals surface area contributed by atoms with Gasteiger partial charge in [0.2, 0.25) is 5.91 Å². The number of rotatable bonds is 10. The van der Waals surface area contributed by atoms with E-state index in [9.17, 15) is 14.9 Å². The van der Waals surface area contributed by atoms with Gasteiger partial charge < -0.3 is 15.0 Å². The molecule has 184 valence electrons. The van der Waals surface area contributed by atoms with Gasteiger partial charge >= 0.3 is 0 Å². The van der Waals surface area contributed by atoms with Crippen molar-refractivity contribution in [2.24, 2.45) is 0 Å². The number of methoxy groups -OCH3 is 1. The van der Waals surface area contributed by atoms with Gasteiger partial charge in [0, 0.05) is 74.5 Å². The molecule has 0 atom stereocenters. The minimum atomic E-state index is -0.418. The molecule has 0 radical (unpaired) electrons. The summed E-state index contributed by atoms with van der Waals surface area (Å²) in [5, 5.41) is 17.0. The smallest absolute Gasteiger partial charge is 0.269 e. The second-order valence-electron chi connectivity index (χ2n) is 8.36. The highest BCUT2D eigenvalue weighted by molar-refractivity contribution is 7.13. The van der Waals surface area contributed by atoms with Gasteiger partial charge in [-0.15, -0.1) is 11.3 Å². The van der Waals surface area contributed by atoms with Crippen molar-refractivity contribution in [1.29, 1.82) is 0 Å². The van der Waals surface area contributed by atoms with Crippen molar-refractivity contribution < 1.29 is 14.5 Å². The number of ether oxygens (including phenoxy) is 1. The van der Waals surface area contributed by atoms with Crippen LogP contribution in [0.4, 0.5) is 11.4 Å². The van der Waals surface area contributed by atoms with E-state index in [-0.39, 0.29) is 11.6 Å². The summed E-state index contributed by atoms with van der Waals surface area (Å²) in [6, 6.07) is 14.2. The molecule has 1 amide bonds. The van der Waals surface area contributed by atoms with Crippen LogP contribution >= 0.6 is 11.3 Å². The van der Waals surface area contributed by atoms with Crippen LogP contribution in [0.5, 0.6) is 5.75 Å². The van der Waals surface area contributed by atoms with Crippen LogP contribution in [0.1, 0.15) is 18.5 Å². The van der Waals surface area contributed by atoms with Gasteiger partial charge in [-0.05, 0) is 42.8 Å². The number of nitro groups is 1. The standard InChI is InChI=1S/C25H29N5O4S/c1-34-23-10-4-19(5-11-23)25-27-21(18-35-25)17-28-13-15-29(16-14-28)24(31)3-2-12-26-20-6-8-22(9-7-20)30(32)33/h4-11,18,26H,2-3,12-17H2,1H3. The summed E-state index contributed by atoms with van der Waals surface area (Å²) in [5.74, 6) is 1.00. The summed E-state index contributed by atoms with van der Waals surface area (Å²) in [4.78, 5) is 31.9. The monoisotopic (exact) mass is 495 g/mol. The molecule has 9 nitrogen and oxygen atoms in total. The molecule has 4 rings (SSSR count). The number of hydrogen-bond donors (Lipinski definition) is 1. The Morgan fingerprint density at radius 1 is 1.11 bits per heavy atom. The van der Waals surface area contributed by atoms with Gasteiger partial charge in [0.05, 0.1) is 17.7 Å². The molecule has 0 bridgehead atoms. The highest BCUT2D eigenvalue weighted by Gasteiger charge is 2.21. The van der Waals surface area contributed by atoms with Crippen molar-refractivity contribution in [2.75, 3.05) is 45.2 Å². The molecule has 0 unspecified atom stereocenters. The van der Waals surface area contributed by atoms with Crippen molar-refractivity contribution in [1.82, 2.24) is 14.8 Å². The minimum absolute atomic E-state index is 0.0670. The van der Waals surface area contributed by atoms with E-state index in [1.807, 2.05) is 29.2 Å². The van der Waals surface area contributed by atoms with Crippen LogP contribution in [-0.4, -0.2) is 65.4 Å². The molecule has 10 heteroatoms. The van der Waals surface area contributed by atoms with Crippen molar-refractivity contribution in [2.45, 2.75) is 19.4 Å². The third-order valence-electron chi connectivity index (χ3n) is 5.97. The third kappa shape index (κ3) is 6.77. The summed E-state index contributed by atoms with van der Waals surface area (Å²) < 4.78 is 5.22. The maximum Gasteiger partial charge on any atom is 0.269 e. The molecule has 0 saturated carbocycles. The van der Waals surface area contributed by atoms with Gasteiger partial charge in [0.15, 0.2) is 0 Å². The first-order chi connectivity index (χ1) is 17.0. The van der Waals surface area contributed by atoms with Crippen LogP contribution in [0.25, 0.3) is 10.6 Å². The van der Waals surface area contributed by atoms with Crippen LogP contribution < -0.4 is 10.1 Å². The van der Waals surface area contributed by atoms with Crippen LogP contribution in [0, 0.1) is 10.1 Å². The van der Waals surface area contributed by atoms with Gasteiger partial charge in [-0.2, -0.15) is 0 Å². The Morgan fingerprint density at radius 3 is 2.49 bits per heavy atom. The number of carbonyl (C=O) groups is 1. The lowest BCUT2D eigenvalue weighted by Gasteiger charge is -2.34. The number of hydrogen-bond acceptors (Lipinski definition) is 8. The van der Waals surface area contributed by atoms with Crippen LogP contribution in [-0.2, 0) is 11.3 Å². The maximum absolute atomic E-state index is 12.6. The van der Waals surface area contributed by atoms with Crippen LogP contribution in [0.2, 0.25) is 0 Å². The van der Waals surface area contributed by atoms with Crippen LogP contribution in [0.3, 0.4) is 0 Å². The van der Waals surface area contributed by atoms with E-state index in [0.29, 0.717) is 19.4 Å². The fourth-order valence-electron chi connectivity index (χ4n) is 3.96. The number of aromatic nitrogens is 1. The second kappa shape index (κ2) is 11.8. The Balaban J connectivity index is 1.16. The molecule has 1 fully saturated rings. The van der Waals surface area contributed by atoms with Gasteiger partial charge in [0.25, 0.3) is 5.69 Å². The van der Waals surface area contributed by atoms with Gasteiger partial charge in [-0.25, -0.2) is 4.98 Å². The van der Waals surface area contributed by atoms with E-state index in [0.717, 1.165) is 60.4 Å². The summed E-state index contributed by atoms with van der Waals surface area (Å²) in [7, 11) is 1.66. The Labute approximate surface area is 208 Å². The van der Waals surface area contributed by atoms with Crippen LogP contribution in [0.15, 0.2) is 53.9 Å². The van der Waals surface area contributed by atoms with Gasteiger partial charge in [-0.1, -0.05) is 0 Å². The Bertz CT molecular complexity index is 1130. The summed E-state index contributed by atoms with van der Waals surface area (Å²) >= 11 is 1.64. The van der Waals surface area contributed by atoms with Gasteiger partial charge in [-0.3, -0.25) is 19.8 Å². The lowest BCUT2D eigenvalue weighted by Crippen LogP contribution is -2.48. The van der Waals surface area contributed by atoms with E-state index in [1.54, 1.807) is 30.6 Å². The molecular formula is C25H29N5O4S. The predicted octanol–water partition coefficient (Wildman–Crippen LogP) is 4.26. The van der Waals surface area contributed by atoms with E-state index in [4.69, 9.17) is 9.72 Å². The van der Waals surface area contributed by atoms with Crippen molar-refractivity contribution >= 4 is 28.6 Å².